The van der Waals surface area contributed by atoms with Crippen molar-refractivity contribution in [3.05, 3.63) is 95.6 Å². The van der Waals surface area contributed by atoms with Crippen LogP contribution in [0.25, 0.3) is 21.5 Å². The number of benzene rings is 4. The van der Waals surface area contributed by atoms with Gasteiger partial charge in [0.1, 0.15) is 0 Å². The summed E-state index contributed by atoms with van der Waals surface area (Å²) in [5, 5.41) is 3.12. The molecule has 5 nitrogen and oxygen atoms in total. The number of methoxy groups -OCH3 is 1. The van der Waals surface area contributed by atoms with Gasteiger partial charge in [0.15, 0.2) is 6.04 Å². The second-order valence-electron chi connectivity index (χ2n) is 7.18. The van der Waals surface area contributed by atoms with Crippen LogP contribution in [0.4, 0.5) is 0 Å². The predicted molar refractivity (Wildman–Crippen MR) is 113 cm³/mol. The first-order valence-electron chi connectivity index (χ1n) is 9.57. The minimum Gasteiger partial charge on any atom is -0.467 e. The summed E-state index contributed by atoms with van der Waals surface area (Å²) in [5.41, 5.74) is 1.35. The van der Waals surface area contributed by atoms with Gasteiger partial charge in [-0.1, -0.05) is 66.7 Å². The summed E-state index contributed by atoms with van der Waals surface area (Å²) in [7, 11) is 1.26. The highest BCUT2D eigenvalue weighted by atomic mass is 16.5. The van der Waals surface area contributed by atoms with Crippen molar-refractivity contribution in [1.82, 2.24) is 4.90 Å². The zero-order valence-electron chi connectivity index (χ0n) is 16.2. The Labute approximate surface area is 172 Å². The summed E-state index contributed by atoms with van der Waals surface area (Å²) < 4.78 is 5.04. The molecule has 1 aliphatic rings. The van der Waals surface area contributed by atoms with Crippen LogP contribution in [0.15, 0.2) is 78.9 Å². The molecule has 0 fully saturated rings. The molecule has 0 saturated carbocycles. The molecular weight excluding hydrogens is 378 g/mol. The van der Waals surface area contributed by atoms with Crippen molar-refractivity contribution < 1.29 is 19.1 Å². The van der Waals surface area contributed by atoms with Gasteiger partial charge in [-0.15, -0.1) is 0 Å². The van der Waals surface area contributed by atoms with Gasteiger partial charge in [0.2, 0.25) is 0 Å². The number of carbonyl (C=O) groups excluding carboxylic acids is 3. The van der Waals surface area contributed by atoms with Crippen LogP contribution in [0.3, 0.4) is 0 Å². The van der Waals surface area contributed by atoms with E-state index in [1.807, 2.05) is 42.5 Å². The molecule has 0 N–H and O–H groups in total. The first-order valence-corrected chi connectivity index (χ1v) is 9.57. The maximum atomic E-state index is 13.5. The number of hydrogen-bond donors (Lipinski definition) is 0. The van der Waals surface area contributed by atoms with Gasteiger partial charge in [-0.05, 0) is 33.9 Å². The van der Waals surface area contributed by atoms with Gasteiger partial charge < -0.3 is 4.74 Å². The highest BCUT2D eigenvalue weighted by molar-refractivity contribution is 6.26. The smallest absolute Gasteiger partial charge is 0.333 e. The summed E-state index contributed by atoms with van der Waals surface area (Å²) in [6.45, 7) is 0. The van der Waals surface area contributed by atoms with Crippen LogP contribution in [0.2, 0.25) is 0 Å². The van der Waals surface area contributed by atoms with Crippen molar-refractivity contribution >= 4 is 39.3 Å². The van der Waals surface area contributed by atoms with E-state index in [0.717, 1.165) is 21.1 Å². The van der Waals surface area contributed by atoms with E-state index in [-0.39, 0.29) is 0 Å². The van der Waals surface area contributed by atoms with Crippen LogP contribution in [0.5, 0.6) is 0 Å². The Morgan fingerprint density at radius 3 is 2.00 bits per heavy atom. The molecule has 0 spiro atoms. The van der Waals surface area contributed by atoms with Gasteiger partial charge in [-0.2, -0.15) is 0 Å². The monoisotopic (exact) mass is 395 g/mol. The van der Waals surface area contributed by atoms with Gasteiger partial charge in [0.25, 0.3) is 11.8 Å². The van der Waals surface area contributed by atoms with Crippen molar-refractivity contribution in [1.29, 1.82) is 0 Å². The number of ether oxygens (including phenoxy) is 1. The van der Waals surface area contributed by atoms with Gasteiger partial charge in [0.05, 0.1) is 7.11 Å². The number of imide groups is 1. The number of nitrogens with zero attached hydrogens (tertiary/aromatic N) is 1. The molecule has 0 aliphatic carbocycles. The lowest BCUT2D eigenvalue weighted by molar-refractivity contribution is -0.145. The fourth-order valence-corrected chi connectivity index (χ4v) is 4.26. The molecule has 30 heavy (non-hydrogen) atoms. The number of carbonyl (C=O) groups is 3. The number of rotatable bonds is 3. The van der Waals surface area contributed by atoms with E-state index in [1.165, 1.54) is 7.11 Å². The largest absolute Gasteiger partial charge is 0.467 e. The average molecular weight is 395 g/mol. The van der Waals surface area contributed by atoms with Crippen LogP contribution < -0.4 is 0 Å². The second kappa shape index (κ2) is 6.81. The Kier molecular flexibility index (Phi) is 4.10. The van der Waals surface area contributed by atoms with E-state index in [4.69, 9.17) is 4.74 Å². The molecule has 0 radical (unpaired) electrons. The number of esters is 1. The van der Waals surface area contributed by atoms with Crippen molar-refractivity contribution in [2.24, 2.45) is 0 Å². The molecule has 1 heterocycles. The van der Waals surface area contributed by atoms with Crippen LogP contribution in [0.1, 0.15) is 32.3 Å². The summed E-state index contributed by atoms with van der Waals surface area (Å²) in [6, 6.07) is 22.5. The minimum atomic E-state index is -1.19. The van der Waals surface area contributed by atoms with Gasteiger partial charge in [0, 0.05) is 16.5 Å². The van der Waals surface area contributed by atoms with E-state index in [0.29, 0.717) is 22.1 Å². The Morgan fingerprint density at radius 1 is 0.767 bits per heavy atom. The number of amides is 2. The molecule has 2 amide bonds. The summed E-state index contributed by atoms with van der Waals surface area (Å²) in [6.07, 6.45) is 0. The molecule has 0 aromatic heterocycles. The molecule has 0 bridgehead atoms. The first-order chi connectivity index (χ1) is 14.6. The first kappa shape index (κ1) is 18.1. The van der Waals surface area contributed by atoms with Crippen LogP contribution >= 0.6 is 0 Å². The number of fused-ring (bicyclic) bond motifs is 1. The lowest BCUT2D eigenvalue weighted by atomic mass is 9.91. The summed E-state index contributed by atoms with van der Waals surface area (Å²) in [5.74, 6) is -1.68. The minimum absolute atomic E-state index is 0.400. The average Bonchev–Trinajstić information content (AvgIpc) is 2.79. The molecule has 4 aromatic rings. The molecular formula is C25H17NO4. The zero-order valence-corrected chi connectivity index (χ0v) is 16.2. The third kappa shape index (κ3) is 2.52. The lowest BCUT2D eigenvalue weighted by Gasteiger charge is -2.33. The molecule has 1 atom stereocenters. The van der Waals surface area contributed by atoms with Crippen LogP contribution in [-0.4, -0.2) is 29.8 Å². The Morgan fingerprint density at radius 2 is 1.33 bits per heavy atom. The van der Waals surface area contributed by atoms with E-state index < -0.39 is 23.8 Å². The molecule has 1 aliphatic heterocycles. The Hall–Kier alpha value is -3.99. The van der Waals surface area contributed by atoms with Crippen molar-refractivity contribution in [3.63, 3.8) is 0 Å². The SMILES string of the molecule is COC(=O)C(c1cccc2ccccc12)N1C(=O)c2cccc3cccc(c23)C1=O. The summed E-state index contributed by atoms with van der Waals surface area (Å²) >= 11 is 0. The zero-order chi connectivity index (χ0) is 20.8. The standard InChI is InChI=1S/C25H17NO4/c1-30-25(29)22(18-12-4-8-15-7-2-3-11-17(15)18)26-23(27)19-13-5-9-16-10-6-14-20(21(16)19)24(26)28/h2-14,22H,1H3. The van der Waals surface area contributed by atoms with E-state index in [1.54, 1.807) is 36.4 Å². The molecule has 0 saturated heterocycles. The van der Waals surface area contributed by atoms with Gasteiger partial charge >= 0.3 is 5.97 Å². The number of hydrogen-bond acceptors (Lipinski definition) is 4. The third-order valence-electron chi connectivity index (χ3n) is 5.60. The Balaban J connectivity index is 1.76. The molecule has 4 aromatic carbocycles. The maximum Gasteiger partial charge on any atom is 0.333 e. The molecule has 5 heteroatoms. The van der Waals surface area contributed by atoms with Crippen molar-refractivity contribution in [2.45, 2.75) is 6.04 Å². The fraction of sp³-hybridized carbons (Fsp3) is 0.0800. The highest BCUT2D eigenvalue weighted by Crippen LogP contribution is 2.37. The highest BCUT2D eigenvalue weighted by Gasteiger charge is 2.42. The van der Waals surface area contributed by atoms with Crippen molar-refractivity contribution in [3.8, 4) is 0 Å². The van der Waals surface area contributed by atoms with Gasteiger partial charge in [-0.25, -0.2) is 4.79 Å². The topological polar surface area (TPSA) is 63.7 Å². The van der Waals surface area contributed by atoms with E-state index in [2.05, 4.69) is 0 Å². The molecule has 5 rings (SSSR count). The van der Waals surface area contributed by atoms with Gasteiger partial charge in [-0.3, -0.25) is 14.5 Å². The molecule has 146 valence electrons. The maximum absolute atomic E-state index is 13.5. The summed E-state index contributed by atoms with van der Waals surface area (Å²) in [4.78, 5) is 40.9. The van der Waals surface area contributed by atoms with Crippen molar-refractivity contribution in [2.75, 3.05) is 7.11 Å². The second-order valence-corrected chi connectivity index (χ2v) is 7.18. The lowest BCUT2D eigenvalue weighted by Crippen LogP contribution is -2.46. The fourth-order valence-electron chi connectivity index (χ4n) is 4.26. The van der Waals surface area contributed by atoms with E-state index >= 15 is 0 Å². The van der Waals surface area contributed by atoms with Crippen LogP contribution in [-0.2, 0) is 9.53 Å². The molecule has 1 unspecified atom stereocenters. The normalized spacial score (nSPS) is 14.2. The quantitative estimate of drug-likeness (QED) is 0.378. The van der Waals surface area contributed by atoms with Crippen LogP contribution in [0, 0.1) is 0 Å². The predicted octanol–water partition coefficient (Wildman–Crippen LogP) is 4.50. The third-order valence-corrected chi connectivity index (χ3v) is 5.60. The Bertz CT molecular complexity index is 1300. The van der Waals surface area contributed by atoms with E-state index in [9.17, 15) is 14.4 Å².